The summed E-state index contributed by atoms with van der Waals surface area (Å²) in [5.74, 6) is 0.822. The van der Waals surface area contributed by atoms with E-state index >= 15 is 0 Å². The highest BCUT2D eigenvalue weighted by atomic mass is 16.7. The molecule has 0 spiro atoms. The van der Waals surface area contributed by atoms with Crippen molar-refractivity contribution in [3.05, 3.63) is 24.3 Å². The van der Waals surface area contributed by atoms with Crippen molar-refractivity contribution >= 4 is 0 Å². The molecule has 0 aliphatic carbocycles. The summed E-state index contributed by atoms with van der Waals surface area (Å²) in [6.45, 7) is 7.30. The van der Waals surface area contributed by atoms with Gasteiger partial charge >= 0.3 is 0 Å². The van der Waals surface area contributed by atoms with Gasteiger partial charge in [-0.3, -0.25) is 4.90 Å². The number of methoxy groups -OCH3 is 1. The lowest BCUT2D eigenvalue weighted by Gasteiger charge is -2.39. The minimum absolute atomic E-state index is 0.414. The Morgan fingerprint density at radius 1 is 1.22 bits per heavy atom. The molecular weight excluding hydrogens is 230 g/mol. The van der Waals surface area contributed by atoms with Crippen LogP contribution in [-0.4, -0.2) is 44.0 Å². The fourth-order valence-electron chi connectivity index (χ4n) is 2.10. The van der Waals surface area contributed by atoms with Crippen molar-refractivity contribution < 1.29 is 14.2 Å². The summed E-state index contributed by atoms with van der Waals surface area (Å²) in [5, 5.41) is 0. The number of nitrogens with zero attached hydrogens (tertiary/aromatic N) is 1. The average molecular weight is 251 g/mol. The molecule has 4 heteroatoms. The van der Waals surface area contributed by atoms with Gasteiger partial charge in [0.1, 0.15) is 0 Å². The third-order valence-electron chi connectivity index (χ3n) is 3.32. The third kappa shape index (κ3) is 2.60. The number of ether oxygens (including phenoxy) is 3. The molecule has 0 fully saturated rings. The van der Waals surface area contributed by atoms with Crippen LogP contribution in [0.2, 0.25) is 0 Å². The maximum Gasteiger partial charge on any atom is 0.257 e. The Bertz CT molecular complexity index is 392. The van der Waals surface area contributed by atoms with Crippen LogP contribution in [0, 0.1) is 0 Å². The summed E-state index contributed by atoms with van der Waals surface area (Å²) < 4.78 is 17.3. The van der Waals surface area contributed by atoms with E-state index in [0.29, 0.717) is 13.2 Å². The number of benzene rings is 1. The van der Waals surface area contributed by atoms with Crippen LogP contribution in [-0.2, 0) is 4.74 Å². The second kappa shape index (κ2) is 5.59. The molecule has 0 aromatic heterocycles. The monoisotopic (exact) mass is 251 g/mol. The molecule has 1 heterocycles. The first-order valence-electron chi connectivity index (χ1n) is 6.41. The molecule has 0 amide bonds. The van der Waals surface area contributed by atoms with Gasteiger partial charge in [0.25, 0.3) is 5.79 Å². The first kappa shape index (κ1) is 13.2. The largest absolute Gasteiger partial charge is 0.483 e. The summed E-state index contributed by atoms with van der Waals surface area (Å²) in [7, 11) is 1.67. The van der Waals surface area contributed by atoms with Gasteiger partial charge in [-0.2, -0.15) is 0 Å². The van der Waals surface area contributed by atoms with Crippen molar-refractivity contribution in [2.24, 2.45) is 0 Å². The van der Waals surface area contributed by atoms with Crippen LogP contribution in [0.15, 0.2) is 24.3 Å². The molecule has 100 valence electrons. The Balaban J connectivity index is 2.16. The fourth-order valence-corrected chi connectivity index (χ4v) is 2.10. The Hall–Kier alpha value is -1.26. The Kier molecular flexibility index (Phi) is 4.09. The van der Waals surface area contributed by atoms with E-state index < -0.39 is 5.79 Å². The van der Waals surface area contributed by atoms with Gasteiger partial charge in [0.15, 0.2) is 18.1 Å². The summed E-state index contributed by atoms with van der Waals surface area (Å²) >= 11 is 0. The van der Waals surface area contributed by atoms with Gasteiger partial charge in [0, 0.05) is 7.11 Å². The summed E-state index contributed by atoms with van der Waals surface area (Å²) in [5.41, 5.74) is 0. The van der Waals surface area contributed by atoms with Crippen molar-refractivity contribution in [3.63, 3.8) is 0 Å². The van der Waals surface area contributed by atoms with Gasteiger partial charge in [-0.1, -0.05) is 26.0 Å². The SMILES string of the molecule is CCN(CC)CC1(OC)COc2ccccc2O1. The lowest BCUT2D eigenvalue weighted by atomic mass is 10.2. The van der Waals surface area contributed by atoms with Gasteiger partial charge in [0.2, 0.25) is 0 Å². The maximum absolute atomic E-state index is 6.01. The lowest BCUT2D eigenvalue weighted by molar-refractivity contribution is -0.205. The van der Waals surface area contributed by atoms with E-state index in [1.54, 1.807) is 7.11 Å². The van der Waals surface area contributed by atoms with Crippen molar-refractivity contribution in [1.29, 1.82) is 0 Å². The minimum Gasteiger partial charge on any atom is -0.483 e. The van der Waals surface area contributed by atoms with E-state index in [-0.39, 0.29) is 0 Å². The molecule has 0 radical (unpaired) electrons. The molecule has 1 aromatic carbocycles. The molecule has 0 N–H and O–H groups in total. The quantitative estimate of drug-likeness (QED) is 0.802. The molecule has 1 aromatic rings. The summed E-state index contributed by atoms with van der Waals surface area (Å²) in [6.07, 6.45) is 0. The number of likely N-dealkylation sites (N-methyl/N-ethyl adjacent to an activating group) is 1. The Labute approximate surface area is 108 Å². The summed E-state index contributed by atoms with van der Waals surface area (Å²) in [6, 6.07) is 7.69. The van der Waals surface area contributed by atoms with Crippen LogP contribution in [0.1, 0.15) is 13.8 Å². The zero-order valence-corrected chi connectivity index (χ0v) is 11.3. The molecule has 2 rings (SSSR count). The highest BCUT2D eigenvalue weighted by molar-refractivity contribution is 5.41. The molecule has 18 heavy (non-hydrogen) atoms. The number of rotatable bonds is 5. The maximum atomic E-state index is 6.01. The predicted octanol–water partition coefficient (Wildman–Crippen LogP) is 2.14. The van der Waals surface area contributed by atoms with Gasteiger partial charge in [-0.05, 0) is 25.2 Å². The van der Waals surface area contributed by atoms with Crippen LogP contribution in [0.4, 0.5) is 0 Å². The van der Waals surface area contributed by atoms with Gasteiger partial charge in [0.05, 0.1) is 6.54 Å². The zero-order valence-electron chi connectivity index (χ0n) is 11.3. The summed E-state index contributed by atoms with van der Waals surface area (Å²) in [4.78, 5) is 2.26. The minimum atomic E-state index is -0.708. The highest BCUT2D eigenvalue weighted by Crippen LogP contribution is 2.35. The third-order valence-corrected chi connectivity index (χ3v) is 3.32. The topological polar surface area (TPSA) is 30.9 Å². The number of fused-ring (bicyclic) bond motifs is 1. The zero-order chi connectivity index (χ0) is 13.0. The molecule has 0 bridgehead atoms. The predicted molar refractivity (Wildman–Crippen MR) is 70.1 cm³/mol. The van der Waals surface area contributed by atoms with Crippen molar-refractivity contribution in [2.45, 2.75) is 19.6 Å². The highest BCUT2D eigenvalue weighted by Gasteiger charge is 2.39. The number of para-hydroxylation sites is 2. The van der Waals surface area contributed by atoms with E-state index in [1.807, 2.05) is 24.3 Å². The van der Waals surface area contributed by atoms with E-state index in [2.05, 4.69) is 18.7 Å². The van der Waals surface area contributed by atoms with Crippen LogP contribution in [0.5, 0.6) is 11.5 Å². The molecule has 1 aliphatic rings. The van der Waals surface area contributed by atoms with E-state index in [9.17, 15) is 0 Å². The Morgan fingerprint density at radius 2 is 1.89 bits per heavy atom. The second-order valence-corrected chi connectivity index (χ2v) is 4.41. The van der Waals surface area contributed by atoms with E-state index in [0.717, 1.165) is 24.6 Å². The standard InChI is InChI=1S/C14H21NO3/c1-4-15(5-2)10-14(16-3)11-17-12-8-6-7-9-13(12)18-14/h6-9H,4-5,10-11H2,1-3H3. The smallest absolute Gasteiger partial charge is 0.257 e. The molecule has 4 nitrogen and oxygen atoms in total. The van der Waals surface area contributed by atoms with E-state index in [4.69, 9.17) is 14.2 Å². The number of hydrogen-bond acceptors (Lipinski definition) is 4. The average Bonchev–Trinajstić information content (AvgIpc) is 2.44. The first-order chi connectivity index (χ1) is 8.73. The van der Waals surface area contributed by atoms with Crippen molar-refractivity contribution in [1.82, 2.24) is 4.90 Å². The van der Waals surface area contributed by atoms with Crippen molar-refractivity contribution in [2.75, 3.05) is 33.4 Å². The molecule has 0 saturated carbocycles. The Morgan fingerprint density at radius 3 is 2.50 bits per heavy atom. The van der Waals surface area contributed by atoms with Crippen LogP contribution in [0.25, 0.3) is 0 Å². The number of hydrogen-bond donors (Lipinski definition) is 0. The van der Waals surface area contributed by atoms with Crippen molar-refractivity contribution in [3.8, 4) is 11.5 Å². The van der Waals surface area contributed by atoms with Crippen LogP contribution < -0.4 is 9.47 Å². The fraction of sp³-hybridized carbons (Fsp3) is 0.571. The molecule has 1 unspecified atom stereocenters. The van der Waals surface area contributed by atoms with E-state index in [1.165, 1.54) is 0 Å². The molecule has 0 saturated heterocycles. The normalized spacial score (nSPS) is 22.2. The van der Waals surface area contributed by atoms with Gasteiger partial charge in [-0.25, -0.2) is 0 Å². The first-order valence-corrected chi connectivity index (χ1v) is 6.41. The molecular formula is C14H21NO3. The second-order valence-electron chi connectivity index (χ2n) is 4.41. The van der Waals surface area contributed by atoms with Gasteiger partial charge in [-0.15, -0.1) is 0 Å². The molecule has 1 aliphatic heterocycles. The molecule has 1 atom stereocenters. The lowest BCUT2D eigenvalue weighted by Crippen LogP contribution is -2.54. The van der Waals surface area contributed by atoms with Crippen LogP contribution in [0.3, 0.4) is 0 Å². The van der Waals surface area contributed by atoms with Crippen LogP contribution >= 0.6 is 0 Å². The van der Waals surface area contributed by atoms with Gasteiger partial charge < -0.3 is 14.2 Å².